The number of methoxy groups -OCH3 is 1. The van der Waals surface area contributed by atoms with Gasteiger partial charge in [0.2, 0.25) is 0 Å². The number of aromatic nitrogens is 2. The highest BCUT2D eigenvalue weighted by atomic mass is 32.2. The number of hydrogen-bond acceptors (Lipinski definition) is 6. The number of aromatic amines is 1. The number of ketones is 1. The van der Waals surface area contributed by atoms with Crippen LogP contribution in [0.3, 0.4) is 0 Å². The van der Waals surface area contributed by atoms with Gasteiger partial charge < -0.3 is 9.72 Å². The number of carbonyl (C=O) groups is 2. The van der Waals surface area contributed by atoms with Gasteiger partial charge in [0.1, 0.15) is 11.1 Å². The van der Waals surface area contributed by atoms with Crippen LogP contribution in [0, 0.1) is 45.9 Å². The number of hydrogen-bond donors (Lipinski definition) is 1. The van der Waals surface area contributed by atoms with Crippen molar-refractivity contribution in [3.8, 4) is 6.07 Å². The quantitative estimate of drug-likeness (QED) is 0.475. The molecule has 0 radical (unpaired) electrons. The fourth-order valence-corrected chi connectivity index (χ4v) is 4.02. The second-order valence-electron chi connectivity index (χ2n) is 6.48. The molecule has 2 heterocycles. The number of aryl methyl sites for hydroxylation is 2. The van der Waals surface area contributed by atoms with E-state index in [0.717, 1.165) is 16.8 Å². The van der Waals surface area contributed by atoms with Crippen LogP contribution in [-0.4, -0.2) is 34.1 Å². The van der Waals surface area contributed by atoms with Gasteiger partial charge >= 0.3 is 5.97 Å². The predicted molar refractivity (Wildman–Crippen MR) is 104 cm³/mol. The van der Waals surface area contributed by atoms with Gasteiger partial charge in [-0.05, 0) is 58.2 Å². The molecule has 0 aliphatic carbocycles. The van der Waals surface area contributed by atoms with Crippen LogP contribution >= 0.6 is 11.8 Å². The fraction of sp³-hybridized carbons (Fsp3) is 0.400. The summed E-state index contributed by atoms with van der Waals surface area (Å²) in [4.78, 5) is 32.4. The third kappa shape index (κ3) is 3.76. The summed E-state index contributed by atoms with van der Waals surface area (Å²) in [6, 6.07) is 2.20. The van der Waals surface area contributed by atoms with Crippen LogP contribution in [0.5, 0.6) is 0 Å². The lowest BCUT2D eigenvalue weighted by Gasteiger charge is -2.14. The molecule has 0 amide bonds. The van der Waals surface area contributed by atoms with Gasteiger partial charge in [0.05, 0.1) is 29.2 Å². The topological polar surface area (TPSA) is 95.8 Å². The molecule has 0 aliphatic heterocycles. The smallest absolute Gasteiger partial charge is 0.339 e. The maximum Gasteiger partial charge on any atom is 0.339 e. The first-order valence-electron chi connectivity index (χ1n) is 8.50. The number of esters is 1. The van der Waals surface area contributed by atoms with Crippen molar-refractivity contribution < 1.29 is 14.3 Å². The van der Waals surface area contributed by atoms with Crippen LogP contribution in [0.15, 0.2) is 5.03 Å². The Morgan fingerprint density at radius 1 is 1.15 bits per heavy atom. The molecule has 2 rings (SSSR count). The average Bonchev–Trinajstić information content (AvgIpc) is 2.93. The number of nitrogens with zero attached hydrogens (tertiary/aromatic N) is 2. The van der Waals surface area contributed by atoms with Gasteiger partial charge in [-0.15, -0.1) is 0 Å². The highest BCUT2D eigenvalue weighted by Gasteiger charge is 2.27. The summed E-state index contributed by atoms with van der Waals surface area (Å²) in [5, 5.41) is 9.58. The zero-order chi connectivity index (χ0) is 20.5. The lowest BCUT2D eigenvalue weighted by atomic mass is 10.1. The molecule has 0 saturated heterocycles. The molecule has 1 atom stereocenters. The molecule has 142 valence electrons. The summed E-state index contributed by atoms with van der Waals surface area (Å²) in [5.41, 5.74) is 5.13. The highest BCUT2D eigenvalue weighted by molar-refractivity contribution is 8.00. The Morgan fingerprint density at radius 2 is 1.78 bits per heavy atom. The molecule has 0 fully saturated rings. The highest BCUT2D eigenvalue weighted by Crippen LogP contribution is 2.31. The van der Waals surface area contributed by atoms with Crippen molar-refractivity contribution in [2.24, 2.45) is 0 Å². The van der Waals surface area contributed by atoms with Crippen molar-refractivity contribution in [1.82, 2.24) is 9.97 Å². The Kier molecular flexibility index (Phi) is 6.11. The maximum absolute atomic E-state index is 13.0. The van der Waals surface area contributed by atoms with Gasteiger partial charge in [0.15, 0.2) is 5.78 Å². The number of H-pyrrole nitrogens is 1. The molecule has 1 N–H and O–H groups in total. The average molecular weight is 385 g/mol. The molecular weight excluding hydrogens is 362 g/mol. The third-order valence-electron chi connectivity index (χ3n) is 4.81. The molecule has 0 aliphatic rings. The number of nitrogens with one attached hydrogen (secondary N) is 1. The molecule has 0 aromatic carbocycles. The Morgan fingerprint density at radius 3 is 2.33 bits per heavy atom. The summed E-state index contributed by atoms with van der Waals surface area (Å²) in [7, 11) is 1.31. The molecule has 1 unspecified atom stereocenters. The first kappa shape index (κ1) is 20.7. The zero-order valence-corrected chi connectivity index (χ0v) is 17.4. The summed E-state index contributed by atoms with van der Waals surface area (Å²) in [6.07, 6.45) is 0. The summed E-state index contributed by atoms with van der Waals surface area (Å²) in [6.45, 7) is 10.9. The Labute approximate surface area is 163 Å². The standard InChI is InChI=1S/C20H23N3O3S/c1-9-10(2)15(8-21)19(23-12(9)4)27-14(6)18(24)17-11(3)16(13(5)22-17)20(25)26-7/h14,22H,1-7H3. The lowest BCUT2D eigenvalue weighted by Crippen LogP contribution is -2.16. The van der Waals surface area contributed by atoms with Crippen LogP contribution in [0.2, 0.25) is 0 Å². The van der Waals surface area contributed by atoms with E-state index in [1.54, 1.807) is 20.8 Å². The SMILES string of the molecule is COC(=O)c1c(C)[nH]c(C(=O)C(C)Sc2nc(C)c(C)c(C)c2C#N)c1C. The van der Waals surface area contributed by atoms with E-state index in [4.69, 9.17) is 4.74 Å². The number of ether oxygens (including phenoxy) is 1. The second-order valence-corrected chi connectivity index (χ2v) is 7.81. The second kappa shape index (κ2) is 7.97. The number of carbonyl (C=O) groups excluding carboxylic acids is 2. The van der Waals surface area contributed by atoms with Gasteiger partial charge in [0, 0.05) is 11.4 Å². The van der Waals surface area contributed by atoms with Gasteiger partial charge in [0.25, 0.3) is 0 Å². The minimum atomic E-state index is -0.478. The monoisotopic (exact) mass is 385 g/mol. The number of pyridine rings is 1. The molecule has 7 heteroatoms. The van der Waals surface area contributed by atoms with E-state index < -0.39 is 11.2 Å². The van der Waals surface area contributed by atoms with E-state index in [9.17, 15) is 14.9 Å². The largest absolute Gasteiger partial charge is 0.465 e. The fourth-order valence-electron chi connectivity index (χ4n) is 2.96. The molecule has 6 nitrogen and oxygen atoms in total. The third-order valence-corrected chi connectivity index (χ3v) is 5.89. The van der Waals surface area contributed by atoms with Crippen molar-refractivity contribution in [3.63, 3.8) is 0 Å². The molecular formula is C20H23N3O3S. The van der Waals surface area contributed by atoms with Crippen LogP contribution in [0.25, 0.3) is 0 Å². The van der Waals surface area contributed by atoms with Gasteiger partial charge in [-0.2, -0.15) is 5.26 Å². The molecule has 2 aromatic heterocycles. The first-order valence-corrected chi connectivity index (χ1v) is 9.38. The molecule has 2 aromatic rings. The minimum Gasteiger partial charge on any atom is -0.465 e. The minimum absolute atomic E-state index is 0.155. The normalized spacial score (nSPS) is 11.8. The van der Waals surface area contributed by atoms with E-state index in [1.165, 1.54) is 18.9 Å². The maximum atomic E-state index is 13.0. The Hall–Kier alpha value is -2.59. The van der Waals surface area contributed by atoms with E-state index in [2.05, 4.69) is 16.0 Å². The van der Waals surface area contributed by atoms with Crippen LogP contribution in [0.1, 0.15) is 61.4 Å². The number of Topliss-reactive ketones (excluding diaryl/α,β-unsaturated/α-hetero) is 1. The summed E-state index contributed by atoms with van der Waals surface area (Å²) >= 11 is 1.25. The van der Waals surface area contributed by atoms with E-state index >= 15 is 0 Å². The van der Waals surface area contributed by atoms with Crippen LogP contribution in [0.4, 0.5) is 0 Å². The van der Waals surface area contributed by atoms with Crippen molar-refractivity contribution in [2.45, 2.75) is 51.8 Å². The zero-order valence-electron chi connectivity index (χ0n) is 16.6. The van der Waals surface area contributed by atoms with Gasteiger partial charge in [-0.3, -0.25) is 4.79 Å². The van der Waals surface area contributed by atoms with E-state index in [1.807, 2.05) is 20.8 Å². The Bertz CT molecular complexity index is 970. The molecule has 0 bridgehead atoms. The molecule has 0 spiro atoms. The molecule has 27 heavy (non-hydrogen) atoms. The lowest BCUT2D eigenvalue weighted by molar-refractivity contribution is 0.0599. The van der Waals surface area contributed by atoms with E-state index in [-0.39, 0.29) is 5.78 Å². The van der Waals surface area contributed by atoms with Gasteiger partial charge in [-0.1, -0.05) is 11.8 Å². The van der Waals surface area contributed by atoms with E-state index in [0.29, 0.717) is 33.1 Å². The predicted octanol–water partition coefficient (Wildman–Crippen LogP) is 3.97. The van der Waals surface area contributed by atoms with Crippen LogP contribution in [-0.2, 0) is 4.74 Å². The molecule has 0 saturated carbocycles. The number of thioether (sulfide) groups is 1. The van der Waals surface area contributed by atoms with Crippen molar-refractivity contribution in [2.75, 3.05) is 7.11 Å². The summed E-state index contributed by atoms with van der Waals surface area (Å²) in [5.74, 6) is -0.629. The van der Waals surface area contributed by atoms with Crippen molar-refractivity contribution in [1.29, 1.82) is 5.26 Å². The van der Waals surface area contributed by atoms with Gasteiger partial charge in [-0.25, -0.2) is 9.78 Å². The summed E-state index contributed by atoms with van der Waals surface area (Å²) < 4.78 is 4.79. The van der Waals surface area contributed by atoms with Crippen molar-refractivity contribution in [3.05, 3.63) is 44.9 Å². The number of nitriles is 1. The number of rotatable bonds is 5. The van der Waals surface area contributed by atoms with Crippen molar-refractivity contribution >= 4 is 23.5 Å². The van der Waals surface area contributed by atoms with Crippen LogP contribution < -0.4 is 0 Å². The Balaban J connectivity index is 2.38. The first-order chi connectivity index (χ1) is 12.6.